The first-order valence-corrected chi connectivity index (χ1v) is 10.6. The second-order valence-corrected chi connectivity index (χ2v) is 8.42. The van der Waals surface area contributed by atoms with Gasteiger partial charge in [0.15, 0.2) is 11.7 Å². The highest BCUT2D eigenvalue weighted by Crippen LogP contribution is 2.46. The summed E-state index contributed by atoms with van der Waals surface area (Å²) in [6.07, 6.45) is -4.89. The Hall–Kier alpha value is -2.71. The number of aromatic nitrogens is 2. The van der Waals surface area contributed by atoms with Crippen molar-refractivity contribution >= 4 is 34.9 Å². The van der Waals surface area contributed by atoms with Gasteiger partial charge < -0.3 is 10.6 Å². The van der Waals surface area contributed by atoms with Crippen LogP contribution in [0.3, 0.4) is 0 Å². The maximum absolute atomic E-state index is 13.9. The molecule has 168 valence electrons. The molecule has 0 unspecified atom stereocenters. The summed E-state index contributed by atoms with van der Waals surface area (Å²) in [5, 5.41) is 10.0. The van der Waals surface area contributed by atoms with Gasteiger partial charge >= 0.3 is 6.18 Å². The Labute approximate surface area is 192 Å². The standard InChI is InChI=1S/C22H19Cl2F3N4O/c1-12(13-5-3-2-4-6-13)28-21(32)19-18(24)20-29-16(14-7-9-15(23)10-8-14)11-17(22(25,26)27)31(20)30-19/h2-10,12,16-17,29H,11H2,1H3,(H,28,32)/t12-,16+,17-/m0/s1. The van der Waals surface area contributed by atoms with Crippen LogP contribution >= 0.6 is 23.2 Å². The van der Waals surface area contributed by atoms with Gasteiger partial charge in [-0.05, 0) is 30.2 Å². The van der Waals surface area contributed by atoms with Crippen LogP contribution in [-0.4, -0.2) is 21.9 Å². The molecule has 2 aromatic carbocycles. The van der Waals surface area contributed by atoms with Crippen molar-refractivity contribution in [3.05, 3.63) is 81.5 Å². The van der Waals surface area contributed by atoms with Crippen LogP contribution in [0.25, 0.3) is 0 Å². The van der Waals surface area contributed by atoms with E-state index < -0.39 is 24.2 Å². The monoisotopic (exact) mass is 482 g/mol. The molecule has 0 fully saturated rings. The molecule has 10 heteroatoms. The molecule has 1 aromatic heterocycles. The zero-order valence-electron chi connectivity index (χ0n) is 16.8. The Kier molecular flexibility index (Phi) is 6.09. The molecule has 0 saturated carbocycles. The third-order valence-electron chi connectivity index (χ3n) is 5.43. The quantitative estimate of drug-likeness (QED) is 0.455. The summed E-state index contributed by atoms with van der Waals surface area (Å²) in [5.41, 5.74) is 1.20. The molecule has 5 nitrogen and oxygen atoms in total. The number of anilines is 1. The number of rotatable bonds is 4. The predicted molar refractivity (Wildman–Crippen MR) is 117 cm³/mol. The number of nitrogens with one attached hydrogen (secondary N) is 2. The fourth-order valence-corrected chi connectivity index (χ4v) is 4.13. The van der Waals surface area contributed by atoms with E-state index in [4.69, 9.17) is 23.2 Å². The lowest BCUT2D eigenvalue weighted by atomic mass is 9.97. The maximum Gasteiger partial charge on any atom is 0.410 e. The minimum Gasteiger partial charge on any atom is -0.362 e. The van der Waals surface area contributed by atoms with E-state index in [1.807, 2.05) is 30.3 Å². The van der Waals surface area contributed by atoms with Crippen molar-refractivity contribution in [3.8, 4) is 0 Å². The third-order valence-corrected chi connectivity index (χ3v) is 6.04. The Balaban J connectivity index is 1.66. The van der Waals surface area contributed by atoms with Crippen LogP contribution in [0.2, 0.25) is 10.0 Å². The molecule has 3 aromatic rings. The number of halogens is 5. The number of carbonyl (C=O) groups excluding carboxylic acids is 1. The maximum atomic E-state index is 13.9. The van der Waals surface area contributed by atoms with Crippen molar-refractivity contribution in [1.82, 2.24) is 15.1 Å². The molecule has 0 bridgehead atoms. The molecule has 3 atom stereocenters. The SMILES string of the molecule is C[C@H](NC(=O)c1nn2c(c1Cl)N[C@@H](c1ccc(Cl)cc1)C[C@H]2C(F)(F)F)c1ccccc1. The second-order valence-electron chi connectivity index (χ2n) is 7.60. The summed E-state index contributed by atoms with van der Waals surface area (Å²) >= 11 is 12.3. The van der Waals surface area contributed by atoms with E-state index in [0.29, 0.717) is 10.6 Å². The fourth-order valence-electron chi connectivity index (χ4n) is 3.74. The molecule has 1 aliphatic rings. The van der Waals surface area contributed by atoms with Crippen molar-refractivity contribution < 1.29 is 18.0 Å². The van der Waals surface area contributed by atoms with Gasteiger partial charge in [0.2, 0.25) is 0 Å². The van der Waals surface area contributed by atoms with Gasteiger partial charge in [0, 0.05) is 11.4 Å². The molecule has 1 aliphatic heterocycles. The summed E-state index contributed by atoms with van der Waals surface area (Å²) in [7, 11) is 0. The highest BCUT2D eigenvalue weighted by atomic mass is 35.5. The number of benzene rings is 2. The smallest absolute Gasteiger partial charge is 0.362 e. The lowest BCUT2D eigenvalue weighted by Crippen LogP contribution is -2.36. The highest BCUT2D eigenvalue weighted by Gasteiger charge is 2.47. The number of alkyl halides is 3. The molecule has 32 heavy (non-hydrogen) atoms. The average Bonchev–Trinajstić information content (AvgIpc) is 3.10. The van der Waals surface area contributed by atoms with Crippen LogP contribution < -0.4 is 10.6 Å². The Morgan fingerprint density at radius 2 is 1.81 bits per heavy atom. The molecule has 0 aliphatic carbocycles. The molecule has 4 rings (SSSR count). The topological polar surface area (TPSA) is 59.0 Å². The minimum atomic E-state index is -4.58. The van der Waals surface area contributed by atoms with Crippen LogP contribution in [-0.2, 0) is 0 Å². The van der Waals surface area contributed by atoms with E-state index in [1.54, 1.807) is 31.2 Å². The summed E-state index contributed by atoms with van der Waals surface area (Å²) < 4.78 is 42.4. The molecule has 0 saturated heterocycles. The first-order chi connectivity index (χ1) is 15.1. The van der Waals surface area contributed by atoms with Crippen LogP contribution in [0.1, 0.15) is 53.1 Å². The van der Waals surface area contributed by atoms with Gasteiger partial charge in [-0.25, -0.2) is 4.68 Å². The van der Waals surface area contributed by atoms with Crippen molar-refractivity contribution in [1.29, 1.82) is 0 Å². The van der Waals surface area contributed by atoms with E-state index in [0.717, 1.165) is 10.2 Å². The average molecular weight is 483 g/mol. The molecule has 2 heterocycles. The number of nitrogens with zero attached hydrogens (tertiary/aromatic N) is 2. The summed E-state index contributed by atoms with van der Waals surface area (Å²) in [4.78, 5) is 12.8. The number of hydrogen-bond donors (Lipinski definition) is 2. The predicted octanol–water partition coefficient (Wildman–Crippen LogP) is 6.34. The number of amides is 1. The van der Waals surface area contributed by atoms with Crippen molar-refractivity contribution in [2.24, 2.45) is 0 Å². The third kappa shape index (κ3) is 4.42. The minimum absolute atomic E-state index is 0.0438. The van der Waals surface area contributed by atoms with Gasteiger partial charge in [-0.3, -0.25) is 4.79 Å². The van der Waals surface area contributed by atoms with Gasteiger partial charge in [0.1, 0.15) is 10.8 Å². The van der Waals surface area contributed by atoms with Crippen LogP contribution in [0.5, 0.6) is 0 Å². The van der Waals surface area contributed by atoms with E-state index in [1.165, 1.54) is 0 Å². The normalized spacial score (nSPS) is 19.1. The van der Waals surface area contributed by atoms with Crippen LogP contribution in [0.15, 0.2) is 54.6 Å². The molecule has 0 spiro atoms. The largest absolute Gasteiger partial charge is 0.410 e. The first-order valence-electron chi connectivity index (χ1n) is 9.87. The van der Waals surface area contributed by atoms with Crippen molar-refractivity contribution in [3.63, 3.8) is 0 Å². The van der Waals surface area contributed by atoms with E-state index in [9.17, 15) is 18.0 Å². The second kappa shape index (κ2) is 8.67. The molecule has 2 N–H and O–H groups in total. The summed E-state index contributed by atoms with van der Waals surface area (Å²) in [6.45, 7) is 1.77. The van der Waals surface area contributed by atoms with Gasteiger partial charge in [-0.15, -0.1) is 0 Å². The highest BCUT2D eigenvalue weighted by molar-refractivity contribution is 6.36. The van der Waals surface area contributed by atoms with E-state index in [-0.39, 0.29) is 29.0 Å². The van der Waals surface area contributed by atoms with Gasteiger partial charge in [-0.2, -0.15) is 18.3 Å². The molecular formula is C22H19Cl2F3N4O. The summed E-state index contributed by atoms with van der Waals surface area (Å²) in [6, 6.07) is 12.7. The van der Waals surface area contributed by atoms with Crippen LogP contribution in [0, 0.1) is 0 Å². The van der Waals surface area contributed by atoms with Crippen LogP contribution in [0.4, 0.5) is 19.0 Å². The van der Waals surface area contributed by atoms with Gasteiger partial charge in [0.25, 0.3) is 5.91 Å². The zero-order valence-corrected chi connectivity index (χ0v) is 18.3. The zero-order chi connectivity index (χ0) is 23.0. The fraction of sp³-hybridized carbons (Fsp3) is 0.273. The van der Waals surface area contributed by atoms with E-state index in [2.05, 4.69) is 15.7 Å². The first kappa shape index (κ1) is 22.5. The molecule has 1 amide bonds. The Bertz CT molecular complexity index is 1120. The number of hydrogen-bond acceptors (Lipinski definition) is 3. The van der Waals surface area contributed by atoms with Gasteiger partial charge in [-0.1, -0.05) is 65.7 Å². The number of carbonyl (C=O) groups is 1. The van der Waals surface area contributed by atoms with Crippen molar-refractivity contribution in [2.45, 2.75) is 37.6 Å². The van der Waals surface area contributed by atoms with E-state index >= 15 is 0 Å². The van der Waals surface area contributed by atoms with Gasteiger partial charge in [0.05, 0.1) is 12.1 Å². The number of fused-ring (bicyclic) bond motifs is 1. The lowest BCUT2D eigenvalue weighted by Gasteiger charge is -2.33. The Morgan fingerprint density at radius 1 is 1.16 bits per heavy atom. The lowest BCUT2D eigenvalue weighted by molar-refractivity contribution is -0.173. The van der Waals surface area contributed by atoms with Crippen molar-refractivity contribution in [2.75, 3.05) is 5.32 Å². The summed E-state index contributed by atoms with van der Waals surface area (Å²) in [5.74, 6) is -0.697. The Morgan fingerprint density at radius 3 is 2.44 bits per heavy atom. The molecular weight excluding hydrogens is 464 g/mol. The molecule has 0 radical (unpaired) electrons.